The molecular formula is C13H21F9N5OP. The molecule has 1 heterocycles. The van der Waals surface area contributed by atoms with Gasteiger partial charge in [-0.2, -0.15) is 13.2 Å². The minimum absolute atomic E-state index is 0.0512. The van der Waals surface area contributed by atoms with E-state index in [4.69, 9.17) is 5.53 Å². The summed E-state index contributed by atoms with van der Waals surface area (Å²) in [5.41, 5.74) is 8.43. The number of rotatable bonds is 8. The Kier molecular flexibility index (Phi) is 8.81. The Morgan fingerprint density at radius 3 is 2.17 bits per heavy atom. The van der Waals surface area contributed by atoms with E-state index in [-0.39, 0.29) is 12.7 Å². The van der Waals surface area contributed by atoms with Gasteiger partial charge in [-0.05, 0) is 23.5 Å². The van der Waals surface area contributed by atoms with E-state index in [1.54, 1.807) is 0 Å². The van der Waals surface area contributed by atoms with Gasteiger partial charge in [-0.1, -0.05) is 19.3 Å². The van der Waals surface area contributed by atoms with Crippen molar-refractivity contribution in [3.63, 3.8) is 0 Å². The van der Waals surface area contributed by atoms with Gasteiger partial charge in [0.05, 0.1) is 0 Å². The van der Waals surface area contributed by atoms with Crippen LogP contribution in [0.15, 0.2) is 5.11 Å². The number of unbranched alkanes of at least 4 members (excludes halogenated alkanes) is 3. The van der Waals surface area contributed by atoms with Crippen LogP contribution in [0.2, 0.25) is 0 Å². The molecule has 0 spiro atoms. The van der Waals surface area contributed by atoms with E-state index in [0.29, 0.717) is 12.3 Å². The van der Waals surface area contributed by atoms with E-state index in [0.717, 1.165) is 32.1 Å². The summed E-state index contributed by atoms with van der Waals surface area (Å²) in [6, 6.07) is 0. The summed E-state index contributed by atoms with van der Waals surface area (Å²) in [6.07, 6.45) is 2.10. The van der Waals surface area contributed by atoms with Gasteiger partial charge in [0.25, 0.3) is 0 Å². The molecule has 0 saturated heterocycles. The second kappa shape index (κ2) is 9.38. The Bertz CT molecular complexity index is 629. The van der Waals surface area contributed by atoms with Crippen molar-refractivity contribution >= 4 is 19.9 Å². The van der Waals surface area contributed by atoms with E-state index >= 15 is 0 Å². The Labute approximate surface area is 160 Å². The number of hydrogen-bond donors (Lipinski definition) is 1. The monoisotopic (exact) mass is 465 g/mol. The maximum absolute atomic E-state index is 11.9. The van der Waals surface area contributed by atoms with Crippen molar-refractivity contribution in [2.45, 2.75) is 50.9 Å². The van der Waals surface area contributed by atoms with Gasteiger partial charge in [0.15, 0.2) is 0 Å². The van der Waals surface area contributed by atoms with Gasteiger partial charge < -0.3 is 5.32 Å². The van der Waals surface area contributed by atoms with Gasteiger partial charge in [0, 0.05) is 23.8 Å². The Balaban J connectivity index is 0.000000956. The van der Waals surface area contributed by atoms with Crippen LogP contribution in [0.1, 0.15) is 38.5 Å². The zero-order chi connectivity index (χ0) is 23.0. The first kappa shape index (κ1) is 27.2. The molecule has 0 aromatic carbocycles. The molecule has 0 aromatic heterocycles. The second-order valence-corrected chi connectivity index (χ2v) is 8.33. The average molecular weight is 465 g/mol. The van der Waals surface area contributed by atoms with Crippen LogP contribution in [-0.4, -0.2) is 42.6 Å². The van der Waals surface area contributed by atoms with Crippen LogP contribution < -0.4 is 5.32 Å². The molecule has 29 heavy (non-hydrogen) atoms. The summed E-state index contributed by atoms with van der Waals surface area (Å²) in [7, 11) is -8.78. The average Bonchev–Trinajstić information content (AvgIpc) is 2.82. The fourth-order valence-corrected chi connectivity index (χ4v) is 2.50. The summed E-state index contributed by atoms with van der Waals surface area (Å²) < 4.78 is 96.9. The molecule has 0 saturated carbocycles. The van der Waals surface area contributed by atoms with E-state index in [2.05, 4.69) is 16.2 Å². The Morgan fingerprint density at radius 2 is 1.69 bits per heavy atom. The molecular weight excluding hydrogens is 444 g/mol. The number of nitrogens with zero attached hydrogens (tertiary/aromatic N) is 4. The minimum atomic E-state index is -10.7. The Hall–Kier alpha value is -1.75. The summed E-state index contributed by atoms with van der Waals surface area (Å²) in [6.45, 7) is 0.0512. The summed E-state index contributed by atoms with van der Waals surface area (Å²) in [5.74, 6) is -1.49. The molecule has 0 fully saturated rings. The van der Waals surface area contributed by atoms with Gasteiger partial charge in [0.2, 0.25) is 6.17 Å². The van der Waals surface area contributed by atoms with Crippen molar-refractivity contribution in [2.24, 2.45) is 11.0 Å². The third-order valence-electron chi connectivity index (χ3n) is 3.66. The molecule has 1 amide bonds. The molecule has 172 valence electrons. The van der Waals surface area contributed by atoms with E-state index in [1.165, 1.54) is 0 Å². The van der Waals surface area contributed by atoms with E-state index in [9.17, 15) is 43.1 Å². The number of carbonyl (C=O) groups is 1. The van der Waals surface area contributed by atoms with Gasteiger partial charge in [-0.3, -0.25) is 4.79 Å². The quantitative estimate of drug-likeness (QED) is 0.0845. The van der Waals surface area contributed by atoms with Crippen molar-refractivity contribution in [3.8, 4) is 0 Å². The SMILES string of the molecule is C[N+]1=CC(CCCCCCNC(=O)C(F)(F)F)CC1N=[N+]=[N-].F[P-](F)(F)(F)(F)F. The predicted molar refractivity (Wildman–Crippen MR) is 89.0 cm³/mol. The third kappa shape index (κ3) is 18.0. The first-order chi connectivity index (χ1) is 12.8. The molecule has 1 N–H and O–H groups in total. The van der Waals surface area contributed by atoms with Gasteiger partial charge in [-0.25, -0.2) is 4.58 Å². The van der Waals surface area contributed by atoms with Crippen molar-refractivity contribution in [1.29, 1.82) is 0 Å². The molecule has 0 aliphatic carbocycles. The number of carbonyl (C=O) groups excluding carboxylic acids is 1. The van der Waals surface area contributed by atoms with Crippen LogP contribution in [0, 0.1) is 5.92 Å². The molecule has 16 heteroatoms. The first-order valence-electron chi connectivity index (χ1n) is 8.32. The van der Waals surface area contributed by atoms with Crippen LogP contribution in [0.25, 0.3) is 10.4 Å². The summed E-state index contributed by atoms with van der Waals surface area (Å²) in [5, 5.41) is 5.56. The number of alkyl halides is 3. The molecule has 0 aromatic rings. The fraction of sp³-hybridized carbons (Fsp3) is 0.846. The van der Waals surface area contributed by atoms with Gasteiger partial charge in [0.1, 0.15) is 13.3 Å². The maximum atomic E-state index is 11.9. The summed E-state index contributed by atoms with van der Waals surface area (Å²) in [4.78, 5) is 13.4. The van der Waals surface area contributed by atoms with Crippen LogP contribution in [0.5, 0.6) is 0 Å². The number of hydrogen-bond acceptors (Lipinski definition) is 2. The zero-order valence-electron chi connectivity index (χ0n) is 15.2. The van der Waals surface area contributed by atoms with Gasteiger partial charge in [-0.15, -0.1) is 0 Å². The molecule has 1 rings (SSSR count). The normalized spacial score (nSPS) is 21.7. The first-order valence-corrected chi connectivity index (χ1v) is 10.3. The number of azide groups is 1. The number of nitrogens with one attached hydrogen (secondary N) is 1. The predicted octanol–water partition coefficient (Wildman–Crippen LogP) is 6.37. The molecule has 1 aliphatic heterocycles. The molecule has 0 bridgehead atoms. The van der Waals surface area contributed by atoms with Crippen molar-refractivity contribution < 1.29 is 47.7 Å². The molecule has 2 unspecified atom stereocenters. The number of amides is 1. The van der Waals surface area contributed by atoms with Crippen molar-refractivity contribution in [3.05, 3.63) is 10.4 Å². The van der Waals surface area contributed by atoms with Crippen LogP contribution >= 0.6 is 7.81 Å². The third-order valence-corrected chi connectivity index (χ3v) is 3.66. The van der Waals surface area contributed by atoms with Crippen LogP contribution in [-0.2, 0) is 4.79 Å². The zero-order valence-corrected chi connectivity index (χ0v) is 16.1. The number of halogens is 9. The summed E-state index contributed by atoms with van der Waals surface area (Å²) >= 11 is 0. The molecule has 1 aliphatic rings. The molecule has 2 atom stereocenters. The molecule has 0 radical (unpaired) electrons. The molecule has 6 nitrogen and oxygen atoms in total. The van der Waals surface area contributed by atoms with E-state index < -0.39 is 19.9 Å². The van der Waals surface area contributed by atoms with Crippen LogP contribution in [0.3, 0.4) is 0 Å². The Morgan fingerprint density at radius 1 is 1.17 bits per heavy atom. The fourth-order valence-electron chi connectivity index (χ4n) is 2.50. The standard InChI is InChI=1S/C13H20F3N5O.F6P/c1-21-9-10(8-11(21)19-20-17)6-4-2-3-5-7-18-12(22)13(14,15)16;1-7(2,3,4,5)6/h9-11H,2-8H2,1H3;/q;-1/p+1. The topological polar surface area (TPSA) is 80.9 Å². The van der Waals surface area contributed by atoms with Crippen LogP contribution in [0.4, 0.5) is 38.4 Å². The van der Waals surface area contributed by atoms with Crippen molar-refractivity contribution in [1.82, 2.24) is 5.32 Å². The van der Waals surface area contributed by atoms with Gasteiger partial charge >= 0.3 is 45.1 Å². The van der Waals surface area contributed by atoms with E-state index in [1.807, 2.05) is 16.9 Å². The second-order valence-electron chi connectivity index (χ2n) is 6.41. The van der Waals surface area contributed by atoms with Crippen molar-refractivity contribution in [2.75, 3.05) is 13.6 Å².